The fourth-order valence-corrected chi connectivity index (χ4v) is 9.86. The van der Waals surface area contributed by atoms with Gasteiger partial charge in [-0.25, -0.2) is 0 Å². The molecule has 0 aliphatic carbocycles. The molecule has 0 amide bonds. The van der Waals surface area contributed by atoms with Gasteiger partial charge in [-0.3, -0.25) is 0 Å². The van der Waals surface area contributed by atoms with Crippen LogP contribution in [0, 0.1) is 0 Å². The molecule has 0 aliphatic rings. The molecule has 0 spiro atoms. The lowest BCUT2D eigenvalue weighted by Gasteiger charge is -2.27. The van der Waals surface area contributed by atoms with E-state index < -0.39 is 0 Å². The molecule has 0 bridgehead atoms. The molecule has 1 nitrogen and oxygen atoms in total. The fourth-order valence-electron chi connectivity index (χ4n) is 9.86. The molecule has 0 aromatic heterocycles. The van der Waals surface area contributed by atoms with Crippen LogP contribution in [0.3, 0.4) is 0 Å². The van der Waals surface area contributed by atoms with Crippen molar-refractivity contribution in [2.45, 2.75) is 0 Å². The van der Waals surface area contributed by atoms with Crippen molar-refractivity contribution in [3.05, 3.63) is 249 Å². The molecule has 0 saturated carbocycles. The van der Waals surface area contributed by atoms with E-state index in [1.807, 2.05) is 0 Å². The zero-order chi connectivity index (χ0) is 41.7. The molecule has 0 fully saturated rings. The van der Waals surface area contributed by atoms with Crippen molar-refractivity contribution in [2.24, 2.45) is 0 Å². The zero-order valence-corrected chi connectivity index (χ0v) is 34.6. The molecular weight excluding hydrogens is 759 g/mol. The molecule has 0 radical (unpaired) electrons. The Morgan fingerprint density at radius 3 is 1.46 bits per heavy atom. The van der Waals surface area contributed by atoms with Gasteiger partial charge in [0.2, 0.25) is 0 Å². The van der Waals surface area contributed by atoms with Crippen LogP contribution < -0.4 is 4.90 Å². The third-order valence-electron chi connectivity index (χ3n) is 12.8. The van der Waals surface area contributed by atoms with Crippen molar-refractivity contribution in [1.82, 2.24) is 0 Å². The lowest BCUT2D eigenvalue weighted by Crippen LogP contribution is -2.10. The monoisotopic (exact) mass is 799 g/mol. The molecule has 0 aliphatic heterocycles. The Hall–Kier alpha value is -8.26. The van der Waals surface area contributed by atoms with Crippen molar-refractivity contribution in [1.29, 1.82) is 0 Å². The summed E-state index contributed by atoms with van der Waals surface area (Å²) in [6.45, 7) is 0. The van der Waals surface area contributed by atoms with Crippen LogP contribution in [-0.4, -0.2) is 0 Å². The van der Waals surface area contributed by atoms with Crippen LogP contribution in [0.4, 0.5) is 17.1 Å². The molecule has 12 aromatic carbocycles. The highest BCUT2D eigenvalue weighted by Crippen LogP contribution is 2.47. The topological polar surface area (TPSA) is 3.24 Å². The Kier molecular flexibility index (Phi) is 8.90. The lowest BCUT2D eigenvalue weighted by atomic mass is 9.85. The molecular formula is C62H41N. The quantitative estimate of drug-likeness (QED) is 0.145. The van der Waals surface area contributed by atoms with Gasteiger partial charge in [0.15, 0.2) is 0 Å². The van der Waals surface area contributed by atoms with Gasteiger partial charge in [-0.05, 0) is 141 Å². The number of benzene rings is 12. The molecule has 63 heavy (non-hydrogen) atoms. The smallest absolute Gasteiger partial charge is 0.0468 e. The minimum atomic E-state index is 1.09. The largest absolute Gasteiger partial charge is 0.310 e. The summed E-state index contributed by atoms with van der Waals surface area (Å²) in [5.74, 6) is 0. The van der Waals surface area contributed by atoms with Gasteiger partial charge in [0.05, 0.1) is 0 Å². The van der Waals surface area contributed by atoms with Gasteiger partial charge in [0.1, 0.15) is 0 Å². The Labute approximate surface area is 367 Å². The molecule has 0 atom stereocenters. The number of hydrogen-bond acceptors (Lipinski definition) is 1. The van der Waals surface area contributed by atoms with E-state index in [0.29, 0.717) is 0 Å². The first kappa shape index (κ1) is 36.6. The molecule has 12 aromatic rings. The Morgan fingerprint density at radius 2 is 0.698 bits per heavy atom. The standard InChI is InChI=1S/C62H41N/c1-3-17-45(18-4-1)61-59-27-12-11-26-57(59)58-38-36-52(41-60(58)62(61)46-19-5-2-6-20-46)63(51-23-13-22-48(40-51)55-28-14-21-43-15-7-9-24-53(43)55)50-34-31-42(32-35-50)47-33-37-56-49(39-47)30-29-44-16-8-10-25-54(44)56/h1-41H. The van der Waals surface area contributed by atoms with Crippen molar-refractivity contribution in [2.75, 3.05) is 4.90 Å². The Bertz CT molecular complexity index is 3660. The highest BCUT2D eigenvalue weighted by Gasteiger charge is 2.21. The second-order valence-corrected chi connectivity index (χ2v) is 16.4. The summed E-state index contributed by atoms with van der Waals surface area (Å²) in [6.07, 6.45) is 0. The molecule has 0 saturated heterocycles. The summed E-state index contributed by atoms with van der Waals surface area (Å²) in [6, 6.07) is 91.1. The average Bonchev–Trinajstić information content (AvgIpc) is 3.36. The second-order valence-electron chi connectivity index (χ2n) is 16.4. The van der Waals surface area contributed by atoms with Crippen LogP contribution >= 0.6 is 0 Å². The van der Waals surface area contributed by atoms with Crippen molar-refractivity contribution in [3.8, 4) is 44.5 Å². The van der Waals surface area contributed by atoms with Crippen LogP contribution in [0.2, 0.25) is 0 Å². The number of rotatable bonds is 7. The average molecular weight is 800 g/mol. The molecule has 0 heterocycles. The van der Waals surface area contributed by atoms with Gasteiger partial charge in [-0.2, -0.15) is 0 Å². The maximum Gasteiger partial charge on any atom is 0.0468 e. The Balaban J connectivity index is 1.07. The predicted molar refractivity (Wildman–Crippen MR) is 270 cm³/mol. The van der Waals surface area contributed by atoms with Gasteiger partial charge in [-0.15, -0.1) is 0 Å². The van der Waals surface area contributed by atoms with Crippen molar-refractivity contribution < 1.29 is 0 Å². The highest BCUT2D eigenvalue weighted by molar-refractivity contribution is 6.22. The zero-order valence-electron chi connectivity index (χ0n) is 34.6. The van der Waals surface area contributed by atoms with Gasteiger partial charge in [0.25, 0.3) is 0 Å². The van der Waals surface area contributed by atoms with E-state index in [2.05, 4.69) is 254 Å². The summed E-state index contributed by atoms with van der Waals surface area (Å²) < 4.78 is 0. The first-order chi connectivity index (χ1) is 31.2. The molecule has 12 rings (SSSR count). The Morgan fingerprint density at radius 1 is 0.206 bits per heavy atom. The van der Waals surface area contributed by atoms with Crippen LogP contribution in [0.1, 0.15) is 0 Å². The third-order valence-corrected chi connectivity index (χ3v) is 12.8. The second kappa shape index (κ2) is 15.3. The number of nitrogens with zero attached hydrogens (tertiary/aromatic N) is 1. The predicted octanol–water partition coefficient (Wildman–Crippen LogP) is 17.6. The van der Waals surface area contributed by atoms with E-state index in [0.717, 1.165) is 17.1 Å². The highest BCUT2D eigenvalue weighted by atomic mass is 15.1. The minimum absolute atomic E-state index is 1.09. The van der Waals surface area contributed by atoms with Crippen LogP contribution in [-0.2, 0) is 0 Å². The number of hydrogen-bond donors (Lipinski definition) is 0. The van der Waals surface area contributed by atoms with Gasteiger partial charge >= 0.3 is 0 Å². The first-order valence-corrected chi connectivity index (χ1v) is 21.7. The van der Waals surface area contributed by atoms with E-state index in [1.54, 1.807) is 0 Å². The lowest BCUT2D eigenvalue weighted by molar-refractivity contribution is 1.29. The van der Waals surface area contributed by atoms with Crippen LogP contribution in [0.15, 0.2) is 249 Å². The van der Waals surface area contributed by atoms with E-state index in [9.17, 15) is 0 Å². The van der Waals surface area contributed by atoms with E-state index in [1.165, 1.54) is 98.4 Å². The number of anilines is 3. The number of fused-ring (bicyclic) bond motifs is 7. The molecule has 294 valence electrons. The summed E-state index contributed by atoms with van der Waals surface area (Å²) in [7, 11) is 0. The van der Waals surface area contributed by atoms with Crippen molar-refractivity contribution >= 4 is 70.9 Å². The van der Waals surface area contributed by atoms with Gasteiger partial charge in [-0.1, -0.05) is 206 Å². The molecule has 0 N–H and O–H groups in total. The summed E-state index contributed by atoms with van der Waals surface area (Å²) in [5, 5.41) is 12.5. The minimum Gasteiger partial charge on any atom is -0.310 e. The van der Waals surface area contributed by atoms with Gasteiger partial charge in [0, 0.05) is 17.1 Å². The fraction of sp³-hybridized carbons (Fsp3) is 0. The maximum atomic E-state index is 2.43. The molecule has 0 unspecified atom stereocenters. The van der Waals surface area contributed by atoms with Crippen molar-refractivity contribution in [3.63, 3.8) is 0 Å². The van der Waals surface area contributed by atoms with E-state index >= 15 is 0 Å². The first-order valence-electron chi connectivity index (χ1n) is 21.7. The SMILES string of the molecule is c1ccc(-c2c(-c3ccccc3)c3cc(N(c4ccc(-c5ccc6c(ccc7ccccc76)c5)cc4)c4cccc(-c5cccc6ccccc56)c4)ccc3c3ccccc23)cc1. The van der Waals surface area contributed by atoms with E-state index in [-0.39, 0.29) is 0 Å². The maximum absolute atomic E-state index is 2.43. The normalized spacial score (nSPS) is 11.5. The van der Waals surface area contributed by atoms with E-state index in [4.69, 9.17) is 0 Å². The summed E-state index contributed by atoms with van der Waals surface area (Å²) >= 11 is 0. The van der Waals surface area contributed by atoms with Gasteiger partial charge < -0.3 is 4.90 Å². The molecule has 1 heteroatoms. The summed E-state index contributed by atoms with van der Waals surface area (Å²) in [5.41, 5.74) is 12.9. The van der Waals surface area contributed by atoms with Crippen LogP contribution in [0.25, 0.3) is 98.4 Å². The summed E-state index contributed by atoms with van der Waals surface area (Å²) in [4.78, 5) is 2.43. The third kappa shape index (κ3) is 6.42. The van der Waals surface area contributed by atoms with Crippen LogP contribution in [0.5, 0.6) is 0 Å².